The Morgan fingerprint density at radius 3 is 1.94 bits per heavy atom. The molecule has 2 rings (SSSR count). The van der Waals surface area contributed by atoms with E-state index in [0.29, 0.717) is 14.9 Å². The molecule has 0 N–H and O–H groups in total. The van der Waals surface area contributed by atoms with Crippen molar-refractivity contribution in [2.75, 3.05) is 12.3 Å². The summed E-state index contributed by atoms with van der Waals surface area (Å²) in [6.45, 7) is 0.819. The molecule has 98 valence electrons. The molecule has 0 saturated carbocycles. The predicted molar refractivity (Wildman–Crippen MR) is 86.7 cm³/mol. The van der Waals surface area contributed by atoms with Gasteiger partial charge in [-0.3, -0.25) is 4.99 Å². The molecule has 0 aromatic heterocycles. The molecule has 1 nitrogen and oxygen atoms in total. The third-order valence-corrected chi connectivity index (χ3v) is 7.02. The van der Waals surface area contributed by atoms with Gasteiger partial charge in [-0.25, -0.2) is 0 Å². The lowest BCUT2D eigenvalue weighted by Crippen LogP contribution is -2.00. The molecule has 0 radical (unpaired) electrons. The summed E-state index contributed by atoms with van der Waals surface area (Å²) in [4.78, 5) is 5.00. The Morgan fingerprint density at radius 2 is 1.44 bits per heavy atom. The van der Waals surface area contributed by atoms with Gasteiger partial charge in [0, 0.05) is 12.3 Å². The molecule has 0 bridgehead atoms. The van der Waals surface area contributed by atoms with Crippen LogP contribution in [0.15, 0.2) is 9.89 Å². The van der Waals surface area contributed by atoms with E-state index in [2.05, 4.69) is 4.99 Å². The maximum absolute atomic E-state index is 6.15. The maximum Gasteiger partial charge on any atom is 0.129 e. The van der Waals surface area contributed by atoms with Crippen LogP contribution in [0.25, 0.3) is 0 Å². The molecular weight excluding hydrogens is 376 g/mol. The average molecular weight is 382 g/mol. The van der Waals surface area contributed by atoms with Crippen LogP contribution in [0.5, 0.6) is 0 Å². The second kappa shape index (κ2) is 6.66. The van der Waals surface area contributed by atoms with Gasteiger partial charge in [0.25, 0.3) is 0 Å². The predicted octanol–water partition coefficient (Wildman–Crippen LogP) is 6.54. The summed E-state index contributed by atoms with van der Waals surface area (Å²) in [7, 11) is 0. The van der Waals surface area contributed by atoms with Crippen molar-refractivity contribution in [3.05, 3.63) is 25.1 Å². The maximum atomic E-state index is 6.15. The highest BCUT2D eigenvalue weighted by Gasteiger charge is 2.21. The molecule has 1 heterocycles. The Kier molecular flexibility index (Phi) is 5.71. The van der Waals surface area contributed by atoms with E-state index in [4.69, 9.17) is 58.0 Å². The van der Waals surface area contributed by atoms with E-state index in [1.54, 1.807) is 11.8 Å². The molecule has 0 fully saturated rings. The van der Waals surface area contributed by atoms with Crippen molar-refractivity contribution in [2.45, 2.75) is 11.3 Å². The Balaban J connectivity index is 2.41. The molecular formula is C10H6Cl5NS2. The number of nitrogens with zero attached hydrogens (tertiary/aromatic N) is 1. The zero-order valence-corrected chi connectivity index (χ0v) is 14.2. The van der Waals surface area contributed by atoms with Crippen LogP contribution in [0.3, 0.4) is 0 Å². The first-order valence-electron chi connectivity index (χ1n) is 4.89. The van der Waals surface area contributed by atoms with Crippen molar-refractivity contribution in [2.24, 2.45) is 4.99 Å². The molecule has 0 aliphatic carbocycles. The SMILES string of the molecule is Clc1c(Cl)c(Cl)c(SC2=NCCCS2)c(Cl)c1Cl. The van der Waals surface area contributed by atoms with Crippen molar-refractivity contribution in [3.63, 3.8) is 0 Å². The van der Waals surface area contributed by atoms with Crippen molar-refractivity contribution in [1.82, 2.24) is 0 Å². The molecule has 1 aromatic carbocycles. The molecule has 8 heteroatoms. The van der Waals surface area contributed by atoms with Gasteiger partial charge in [-0.1, -0.05) is 81.5 Å². The van der Waals surface area contributed by atoms with E-state index in [1.165, 1.54) is 11.8 Å². The van der Waals surface area contributed by atoms with Gasteiger partial charge in [0.1, 0.15) is 4.38 Å². The summed E-state index contributed by atoms with van der Waals surface area (Å²) in [5, 5.41) is 1.24. The Morgan fingerprint density at radius 1 is 0.889 bits per heavy atom. The molecule has 1 aliphatic heterocycles. The van der Waals surface area contributed by atoms with Crippen LogP contribution in [0.2, 0.25) is 25.1 Å². The second-order valence-electron chi connectivity index (χ2n) is 3.35. The summed E-state index contributed by atoms with van der Waals surface area (Å²) in [6, 6.07) is 0. The lowest BCUT2D eigenvalue weighted by Gasteiger charge is -2.14. The number of hydrogen-bond acceptors (Lipinski definition) is 3. The standard InChI is InChI=1S/C10H6Cl5NS2/c11-4-5(12)7(14)9(8(15)6(4)13)18-10-16-2-1-3-17-10/h1-3H2. The lowest BCUT2D eigenvalue weighted by molar-refractivity contribution is 0.942. The highest BCUT2D eigenvalue weighted by atomic mass is 35.5. The molecule has 0 saturated heterocycles. The zero-order valence-electron chi connectivity index (χ0n) is 8.77. The van der Waals surface area contributed by atoms with Gasteiger partial charge in [-0.2, -0.15) is 0 Å². The quantitative estimate of drug-likeness (QED) is 0.404. The van der Waals surface area contributed by atoms with E-state index in [-0.39, 0.29) is 15.1 Å². The number of benzene rings is 1. The third kappa shape index (κ3) is 3.20. The smallest absolute Gasteiger partial charge is 0.129 e. The number of thioether (sulfide) groups is 2. The molecule has 1 aromatic rings. The molecule has 0 spiro atoms. The summed E-state index contributed by atoms with van der Waals surface area (Å²) >= 11 is 33.3. The fraction of sp³-hybridized carbons (Fsp3) is 0.300. The molecule has 1 aliphatic rings. The summed E-state index contributed by atoms with van der Waals surface area (Å²) in [6.07, 6.45) is 1.08. The van der Waals surface area contributed by atoms with Gasteiger partial charge < -0.3 is 0 Å². The van der Waals surface area contributed by atoms with Gasteiger partial charge in [0.2, 0.25) is 0 Å². The minimum Gasteiger partial charge on any atom is -0.271 e. The second-order valence-corrected chi connectivity index (χ2v) is 7.58. The highest BCUT2D eigenvalue weighted by molar-refractivity contribution is 8.39. The summed E-state index contributed by atoms with van der Waals surface area (Å²) < 4.78 is 0.916. The monoisotopic (exact) mass is 379 g/mol. The number of aliphatic imine (C=N–C) groups is 1. The van der Waals surface area contributed by atoms with Crippen LogP contribution in [0.4, 0.5) is 0 Å². The molecule has 0 atom stereocenters. The first-order chi connectivity index (χ1) is 8.52. The molecule has 18 heavy (non-hydrogen) atoms. The van der Waals surface area contributed by atoms with Gasteiger partial charge in [-0.15, -0.1) is 0 Å². The van der Waals surface area contributed by atoms with Crippen LogP contribution in [-0.2, 0) is 0 Å². The van der Waals surface area contributed by atoms with Crippen LogP contribution >= 0.6 is 81.5 Å². The van der Waals surface area contributed by atoms with E-state index in [0.717, 1.165) is 23.1 Å². The third-order valence-electron chi connectivity index (χ3n) is 2.13. The fourth-order valence-corrected chi connectivity index (χ4v) is 4.83. The van der Waals surface area contributed by atoms with Gasteiger partial charge in [0.15, 0.2) is 0 Å². The Bertz CT molecular complexity index is 488. The largest absolute Gasteiger partial charge is 0.271 e. The first-order valence-corrected chi connectivity index (χ1v) is 8.58. The van der Waals surface area contributed by atoms with Crippen LogP contribution in [0.1, 0.15) is 6.42 Å². The summed E-state index contributed by atoms with van der Waals surface area (Å²) in [5.74, 6) is 1.04. The average Bonchev–Trinajstić information content (AvgIpc) is 2.40. The van der Waals surface area contributed by atoms with Crippen LogP contribution < -0.4 is 0 Å². The van der Waals surface area contributed by atoms with E-state index in [9.17, 15) is 0 Å². The zero-order chi connectivity index (χ0) is 13.3. The van der Waals surface area contributed by atoms with Gasteiger partial charge in [-0.05, 0) is 6.42 Å². The minimum absolute atomic E-state index is 0.177. The van der Waals surface area contributed by atoms with Crippen molar-refractivity contribution in [1.29, 1.82) is 0 Å². The van der Waals surface area contributed by atoms with Crippen molar-refractivity contribution in [3.8, 4) is 0 Å². The van der Waals surface area contributed by atoms with Crippen molar-refractivity contribution >= 4 is 85.9 Å². The molecule has 0 amide bonds. The van der Waals surface area contributed by atoms with E-state index >= 15 is 0 Å². The minimum atomic E-state index is 0.177. The van der Waals surface area contributed by atoms with E-state index < -0.39 is 0 Å². The Labute approximate surface area is 139 Å². The number of hydrogen-bond donors (Lipinski definition) is 0. The lowest BCUT2D eigenvalue weighted by atomic mass is 10.3. The van der Waals surface area contributed by atoms with E-state index in [1.807, 2.05) is 0 Å². The molecule has 0 unspecified atom stereocenters. The normalized spacial score (nSPS) is 15.7. The summed E-state index contributed by atoms with van der Waals surface area (Å²) in [5.41, 5.74) is 0. The topological polar surface area (TPSA) is 12.4 Å². The van der Waals surface area contributed by atoms with Gasteiger partial charge in [0.05, 0.1) is 30.0 Å². The van der Waals surface area contributed by atoms with Crippen LogP contribution in [0, 0.1) is 0 Å². The first kappa shape index (κ1) is 15.4. The fourth-order valence-electron chi connectivity index (χ4n) is 1.26. The highest BCUT2D eigenvalue weighted by Crippen LogP contribution is 2.49. The van der Waals surface area contributed by atoms with Crippen molar-refractivity contribution < 1.29 is 0 Å². The van der Waals surface area contributed by atoms with Gasteiger partial charge >= 0.3 is 0 Å². The Hall–Kier alpha value is 1.04. The number of rotatable bonds is 1. The van der Waals surface area contributed by atoms with Crippen LogP contribution in [-0.4, -0.2) is 16.7 Å². The number of halogens is 5.